The van der Waals surface area contributed by atoms with Crippen molar-refractivity contribution in [2.45, 2.75) is 50.9 Å². The van der Waals surface area contributed by atoms with Gasteiger partial charge in [0.1, 0.15) is 11.5 Å². The van der Waals surface area contributed by atoms with Crippen molar-refractivity contribution in [3.8, 4) is 0 Å². The van der Waals surface area contributed by atoms with Crippen LogP contribution in [0.1, 0.15) is 65.4 Å². The average molecular weight is 455 g/mol. The van der Waals surface area contributed by atoms with Crippen LogP contribution in [0.25, 0.3) is 0 Å². The summed E-state index contributed by atoms with van der Waals surface area (Å²) in [4.78, 5) is 30.4. The van der Waals surface area contributed by atoms with Gasteiger partial charge in [-0.3, -0.25) is 14.6 Å². The first kappa shape index (κ1) is 22.0. The predicted octanol–water partition coefficient (Wildman–Crippen LogP) is 5.86. The Morgan fingerprint density at radius 3 is 2.47 bits per heavy atom. The first-order valence-electron chi connectivity index (χ1n) is 11.7. The van der Waals surface area contributed by atoms with Gasteiger partial charge in [-0.25, -0.2) is 0 Å². The molecule has 2 aliphatic rings. The van der Waals surface area contributed by atoms with Crippen LogP contribution in [0.4, 0.5) is 5.69 Å². The number of carbonyl (C=O) groups is 2. The van der Waals surface area contributed by atoms with Crippen LogP contribution in [-0.4, -0.2) is 27.5 Å². The molecule has 34 heavy (non-hydrogen) atoms. The van der Waals surface area contributed by atoms with Crippen molar-refractivity contribution in [2.75, 3.05) is 0 Å². The molecule has 2 aliphatic carbocycles. The molecule has 1 N–H and O–H groups in total. The van der Waals surface area contributed by atoms with Crippen LogP contribution in [0.3, 0.4) is 0 Å². The monoisotopic (exact) mass is 454 g/mol. The number of rotatable bonds is 5. The van der Waals surface area contributed by atoms with Gasteiger partial charge in [-0.05, 0) is 36.5 Å². The van der Waals surface area contributed by atoms with E-state index in [1.807, 2.05) is 60.7 Å². The number of benzene rings is 2. The summed E-state index contributed by atoms with van der Waals surface area (Å²) < 4.78 is 5.36. The minimum Gasteiger partial charge on any atom is -0.511 e. The maximum absolute atomic E-state index is 13.3. The second-order valence-corrected chi connectivity index (χ2v) is 8.86. The molecule has 0 bridgehead atoms. The number of Topliss-reactive ketones (excluding diaryl/α,β-unsaturated/α-hetero) is 2. The highest BCUT2D eigenvalue weighted by molar-refractivity contribution is 6.25. The SMILES string of the molecule is O=C1CC(c2ccccc2)CC(=Nc2ccccc2)C1=C(O)CCc1noc2c1C(=O)CCC2. The number of carbonyl (C=O) groups excluding carboxylic acids is 2. The molecule has 6 heteroatoms. The van der Waals surface area contributed by atoms with Gasteiger partial charge in [-0.1, -0.05) is 53.7 Å². The zero-order valence-electron chi connectivity index (χ0n) is 18.9. The van der Waals surface area contributed by atoms with Crippen LogP contribution in [0.2, 0.25) is 0 Å². The molecule has 0 aliphatic heterocycles. The van der Waals surface area contributed by atoms with Gasteiger partial charge >= 0.3 is 0 Å². The molecule has 2 aromatic carbocycles. The van der Waals surface area contributed by atoms with Crippen molar-refractivity contribution < 1.29 is 19.2 Å². The molecule has 3 aromatic rings. The molecule has 1 aromatic heterocycles. The summed E-state index contributed by atoms with van der Waals surface area (Å²) in [5.74, 6) is 0.546. The molecule has 1 saturated carbocycles. The van der Waals surface area contributed by atoms with E-state index in [9.17, 15) is 14.7 Å². The van der Waals surface area contributed by atoms with Gasteiger partial charge in [0.15, 0.2) is 11.6 Å². The number of ketones is 2. The number of nitrogens with zero attached hydrogens (tertiary/aromatic N) is 2. The molecule has 0 radical (unpaired) electrons. The van der Waals surface area contributed by atoms with E-state index >= 15 is 0 Å². The molecule has 5 rings (SSSR count). The minimum absolute atomic E-state index is 0.00731. The highest BCUT2D eigenvalue weighted by Gasteiger charge is 2.33. The Morgan fingerprint density at radius 1 is 0.971 bits per heavy atom. The molecule has 6 nitrogen and oxygen atoms in total. The number of aliphatic imine (C=N–C) groups is 1. The van der Waals surface area contributed by atoms with E-state index in [4.69, 9.17) is 9.52 Å². The lowest BCUT2D eigenvalue weighted by molar-refractivity contribution is -0.116. The Hall–Kier alpha value is -3.80. The number of aliphatic hydroxyl groups is 1. The quantitative estimate of drug-likeness (QED) is 0.385. The summed E-state index contributed by atoms with van der Waals surface area (Å²) in [6.45, 7) is 0. The number of allylic oxidation sites excluding steroid dienone is 2. The number of aromatic nitrogens is 1. The number of para-hydroxylation sites is 1. The van der Waals surface area contributed by atoms with E-state index in [1.165, 1.54) is 0 Å². The highest BCUT2D eigenvalue weighted by Crippen LogP contribution is 2.35. The van der Waals surface area contributed by atoms with Gasteiger partial charge < -0.3 is 9.63 Å². The van der Waals surface area contributed by atoms with E-state index < -0.39 is 0 Å². The lowest BCUT2D eigenvalue weighted by Crippen LogP contribution is -2.26. The maximum Gasteiger partial charge on any atom is 0.168 e. The van der Waals surface area contributed by atoms with Crippen LogP contribution in [0.5, 0.6) is 0 Å². The van der Waals surface area contributed by atoms with Crippen LogP contribution in [0, 0.1) is 0 Å². The molecular weight excluding hydrogens is 428 g/mol. The number of fused-ring (bicyclic) bond motifs is 1. The first-order valence-corrected chi connectivity index (χ1v) is 11.7. The summed E-state index contributed by atoms with van der Waals surface area (Å²) in [6, 6.07) is 19.4. The van der Waals surface area contributed by atoms with Crippen LogP contribution in [-0.2, 0) is 17.6 Å². The third-order valence-corrected chi connectivity index (χ3v) is 6.54. The van der Waals surface area contributed by atoms with Gasteiger partial charge in [-0.2, -0.15) is 0 Å². The fourth-order valence-electron chi connectivity index (χ4n) is 4.86. The zero-order chi connectivity index (χ0) is 23.5. The largest absolute Gasteiger partial charge is 0.511 e. The molecule has 1 heterocycles. The van der Waals surface area contributed by atoms with Gasteiger partial charge in [0.2, 0.25) is 0 Å². The Labute approximate surface area is 198 Å². The summed E-state index contributed by atoms with van der Waals surface area (Å²) in [7, 11) is 0. The van der Waals surface area contributed by atoms with E-state index in [0.29, 0.717) is 60.4 Å². The Kier molecular flexibility index (Phi) is 6.21. The predicted molar refractivity (Wildman–Crippen MR) is 129 cm³/mol. The van der Waals surface area contributed by atoms with Gasteiger partial charge in [-0.15, -0.1) is 0 Å². The van der Waals surface area contributed by atoms with Crippen LogP contribution in [0.15, 0.2) is 81.5 Å². The van der Waals surface area contributed by atoms with Gasteiger partial charge in [0.05, 0.1) is 28.2 Å². The van der Waals surface area contributed by atoms with Crippen LogP contribution >= 0.6 is 0 Å². The van der Waals surface area contributed by atoms with E-state index in [2.05, 4.69) is 5.16 Å². The van der Waals surface area contributed by atoms with Crippen molar-refractivity contribution >= 4 is 23.0 Å². The maximum atomic E-state index is 13.3. The van der Waals surface area contributed by atoms with E-state index in [-0.39, 0.29) is 29.7 Å². The smallest absolute Gasteiger partial charge is 0.168 e. The second-order valence-electron chi connectivity index (χ2n) is 8.86. The standard InChI is InChI=1S/C28H26N2O4/c31-23-12-7-13-26-28(23)21(30-34-26)14-15-24(32)27-22(29-20-10-5-2-6-11-20)16-19(17-25(27)33)18-8-3-1-4-9-18/h1-6,8-11,19,32H,7,12-17H2. The fraction of sp³-hybridized carbons (Fsp3) is 0.286. The summed E-state index contributed by atoms with van der Waals surface area (Å²) in [5, 5.41) is 15.1. The molecule has 0 spiro atoms. The van der Waals surface area contributed by atoms with Crippen molar-refractivity contribution in [3.63, 3.8) is 0 Å². The molecule has 172 valence electrons. The number of aliphatic hydroxyl groups excluding tert-OH is 1. The van der Waals surface area contributed by atoms with Crippen molar-refractivity contribution in [3.05, 3.63) is 94.6 Å². The molecule has 1 fully saturated rings. The zero-order valence-corrected chi connectivity index (χ0v) is 18.9. The topological polar surface area (TPSA) is 92.8 Å². The summed E-state index contributed by atoms with van der Waals surface area (Å²) in [6.07, 6.45) is 3.35. The Balaban J connectivity index is 1.45. The Morgan fingerprint density at radius 2 is 1.71 bits per heavy atom. The molecule has 1 atom stereocenters. The van der Waals surface area contributed by atoms with Crippen molar-refractivity contribution in [1.29, 1.82) is 0 Å². The lowest BCUT2D eigenvalue weighted by atomic mass is 9.78. The highest BCUT2D eigenvalue weighted by atomic mass is 16.5. The number of aryl methyl sites for hydroxylation is 2. The molecule has 0 amide bonds. The average Bonchev–Trinajstić information content (AvgIpc) is 3.28. The number of hydrogen-bond acceptors (Lipinski definition) is 6. The summed E-state index contributed by atoms with van der Waals surface area (Å²) >= 11 is 0. The molecule has 0 saturated heterocycles. The normalized spacial score (nSPS) is 20.9. The minimum atomic E-state index is -0.120. The number of hydrogen-bond donors (Lipinski definition) is 1. The van der Waals surface area contributed by atoms with Crippen LogP contribution < -0.4 is 0 Å². The third kappa shape index (κ3) is 4.49. The Bertz CT molecular complexity index is 1270. The fourth-order valence-corrected chi connectivity index (χ4v) is 4.86. The van der Waals surface area contributed by atoms with Gasteiger partial charge in [0, 0.05) is 32.1 Å². The lowest BCUT2D eigenvalue weighted by Gasteiger charge is -2.26. The van der Waals surface area contributed by atoms with Crippen molar-refractivity contribution in [2.24, 2.45) is 4.99 Å². The first-order chi connectivity index (χ1) is 16.6. The summed E-state index contributed by atoms with van der Waals surface area (Å²) in [5.41, 5.74) is 3.82. The van der Waals surface area contributed by atoms with Gasteiger partial charge in [0.25, 0.3) is 0 Å². The van der Waals surface area contributed by atoms with E-state index in [1.54, 1.807) is 0 Å². The van der Waals surface area contributed by atoms with E-state index in [0.717, 1.165) is 17.7 Å². The molecule has 1 unspecified atom stereocenters. The molecular formula is C28H26N2O4. The third-order valence-electron chi connectivity index (χ3n) is 6.54. The van der Waals surface area contributed by atoms with Crippen molar-refractivity contribution in [1.82, 2.24) is 5.16 Å². The second kappa shape index (κ2) is 9.59.